The molecule has 0 bridgehead atoms. The molecular weight excluding hydrogens is 205 g/mol. The van der Waals surface area contributed by atoms with E-state index in [9.17, 15) is 4.39 Å². The fourth-order valence-electron chi connectivity index (χ4n) is 2.00. The van der Waals surface area contributed by atoms with Crippen LogP contribution >= 0.6 is 0 Å². The Labute approximate surface area is 95.8 Å². The Morgan fingerprint density at radius 1 is 1.50 bits per heavy atom. The highest BCUT2D eigenvalue weighted by Crippen LogP contribution is 2.17. The number of hydrogen-bond donors (Lipinski definition) is 1. The van der Waals surface area contributed by atoms with Gasteiger partial charge in [-0.15, -0.1) is 0 Å². The number of rotatable bonds is 4. The van der Waals surface area contributed by atoms with Crippen molar-refractivity contribution in [2.24, 2.45) is 0 Å². The van der Waals surface area contributed by atoms with Gasteiger partial charge < -0.3 is 10.1 Å². The first-order valence-electron chi connectivity index (χ1n) is 5.87. The zero-order valence-electron chi connectivity index (χ0n) is 9.63. The fourth-order valence-corrected chi connectivity index (χ4v) is 2.00. The Morgan fingerprint density at radius 3 is 3.06 bits per heavy atom. The number of nitrogens with one attached hydrogen (secondary N) is 1. The summed E-state index contributed by atoms with van der Waals surface area (Å²) >= 11 is 0. The van der Waals surface area contributed by atoms with Crippen molar-refractivity contribution in [3.63, 3.8) is 0 Å². The zero-order valence-corrected chi connectivity index (χ0v) is 9.63. The van der Waals surface area contributed by atoms with Crippen molar-refractivity contribution in [1.29, 1.82) is 0 Å². The lowest BCUT2D eigenvalue weighted by Crippen LogP contribution is -2.12. The molecule has 1 saturated heterocycles. The standard InChI is InChI=1S/C13H18FNO/c1-10-9-11(4-5-13(10)14)15-7-6-12-3-2-8-16-12/h4-5,9,12,15H,2-3,6-8H2,1H3. The average Bonchev–Trinajstić information content (AvgIpc) is 2.76. The van der Waals surface area contributed by atoms with E-state index in [2.05, 4.69) is 5.32 Å². The van der Waals surface area contributed by atoms with Gasteiger partial charge in [0.25, 0.3) is 0 Å². The predicted octanol–water partition coefficient (Wildman–Crippen LogP) is 3.12. The summed E-state index contributed by atoms with van der Waals surface area (Å²) < 4.78 is 18.6. The molecular formula is C13H18FNO. The van der Waals surface area contributed by atoms with Gasteiger partial charge in [0.1, 0.15) is 5.82 Å². The van der Waals surface area contributed by atoms with Crippen molar-refractivity contribution in [2.45, 2.75) is 32.3 Å². The third-order valence-corrected chi connectivity index (χ3v) is 2.98. The van der Waals surface area contributed by atoms with Crippen molar-refractivity contribution in [2.75, 3.05) is 18.5 Å². The molecule has 16 heavy (non-hydrogen) atoms. The lowest BCUT2D eigenvalue weighted by molar-refractivity contribution is 0.107. The van der Waals surface area contributed by atoms with E-state index < -0.39 is 0 Å². The molecule has 2 rings (SSSR count). The molecule has 1 aliphatic heterocycles. The van der Waals surface area contributed by atoms with Crippen molar-refractivity contribution < 1.29 is 9.13 Å². The Kier molecular flexibility index (Phi) is 3.78. The van der Waals surface area contributed by atoms with E-state index in [1.54, 1.807) is 13.0 Å². The number of aryl methyl sites for hydroxylation is 1. The molecule has 1 atom stereocenters. The van der Waals surface area contributed by atoms with Crippen molar-refractivity contribution in [3.05, 3.63) is 29.6 Å². The fraction of sp³-hybridized carbons (Fsp3) is 0.538. The second kappa shape index (κ2) is 5.30. The summed E-state index contributed by atoms with van der Waals surface area (Å²) in [6.07, 6.45) is 3.79. The van der Waals surface area contributed by atoms with Gasteiger partial charge in [0, 0.05) is 18.8 Å². The lowest BCUT2D eigenvalue weighted by Gasteiger charge is -2.11. The third-order valence-electron chi connectivity index (χ3n) is 2.98. The third kappa shape index (κ3) is 2.95. The van der Waals surface area contributed by atoms with Crippen LogP contribution in [0.3, 0.4) is 0 Å². The molecule has 0 amide bonds. The van der Waals surface area contributed by atoms with Crippen molar-refractivity contribution >= 4 is 5.69 Å². The first-order chi connectivity index (χ1) is 7.75. The minimum Gasteiger partial charge on any atom is -0.385 e. The largest absolute Gasteiger partial charge is 0.385 e. The second-order valence-electron chi connectivity index (χ2n) is 4.31. The molecule has 1 aromatic carbocycles. The number of benzene rings is 1. The maximum Gasteiger partial charge on any atom is 0.126 e. The maximum atomic E-state index is 13.0. The molecule has 1 aliphatic rings. The molecule has 1 N–H and O–H groups in total. The van der Waals surface area contributed by atoms with Crippen LogP contribution in [0.1, 0.15) is 24.8 Å². The van der Waals surface area contributed by atoms with Crippen LogP contribution in [-0.4, -0.2) is 19.3 Å². The minimum atomic E-state index is -0.148. The van der Waals surface area contributed by atoms with Crippen LogP contribution in [0.2, 0.25) is 0 Å². The SMILES string of the molecule is Cc1cc(NCCC2CCCO2)ccc1F. The molecule has 3 heteroatoms. The summed E-state index contributed by atoms with van der Waals surface area (Å²) in [5, 5.41) is 3.29. The first-order valence-corrected chi connectivity index (χ1v) is 5.87. The summed E-state index contributed by atoms with van der Waals surface area (Å²) in [6.45, 7) is 3.57. The summed E-state index contributed by atoms with van der Waals surface area (Å²) in [4.78, 5) is 0. The van der Waals surface area contributed by atoms with Crippen LogP contribution in [0.25, 0.3) is 0 Å². The summed E-state index contributed by atoms with van der Waals surface area (Å²) in [5.41, 5.74) is 1.67. The summed E-state index contributed by atoms with van der Waals surface area (Å²) in [6, 6.07) is 5.12. The molecule has 0 aliphatic carbocycles. The van der Waals surface area contributed by atoms with E-state index in [1.807, 2.05) is 6.07 Å². The summed E-state index contributed by atoms with van der Waals surface area (Å²) in [7, 11) is 0. The number of ether oxygens (including phenoxy) is 1. The Hall–Kier alpha value is -1.09. The van der Waals surface area contributed by atoms with Gasteiger partial charge >= 0.3 is 0 Å². The van der Waals surface area contributed by atoms with E-state index in [0.29, 0.717) is 11.7 Å². The van der Waals surface area contributed by atoms with Crippen LogP contribution in [0.15, 0.2) is 18.2 Å². The van der Waals surface area contributed by atoms with Crippen LogP contribution in [-0.2, 0) is 4.74 Å². The number of halogens is 1. The molecule has 0 aromatic heterocycles. The highest BCUT2D eigenvalue weighted by atomic mass is 19.1. The smallest absolute Gasteiger partial charge is 0.126 e. The van der Waals surface area contributed by atoms with E-state index in [1.165, 1.54) is 18.9 Å². The zero-order chi connectivity index (χ0) is 11.4. The van der Waals surface area contributed by atoms with Gasteiger partial charge in [-0.25, -0.2) is 4.39 Å². The highest BCUT2D eigenvalue weighted by Gasteiger charge is 2.14. The van der Waals surface area contributed by atoms with Crippen LogP contribution in [0.5, 0.6) is 0 Å². The molecule has 0 spiro atoms. The van der Waals surface area contributed by atoms with Crippen LogP contribution < -0.4 is 5.32 Å². The Morgan fingerprint density at radius 2 is 2.38 bits per heavy atom. The van der Waals surface area contributed by atoms with Gasteiger partial charge in [-0.1, -0.05) is 0 Å². The lowest BCUT2D eigenvalue weighted by atomic mass is 10.1. The first kappa shape index (κ1) is 11.4. The monoisotopic (exact) mass is 223 g/mol. The van der Waals surface area contributed by atoms with Gasteiger partial charge in [-0.2, -0.15) is 0 Å². The van der Waals surface area contributed by atoms with E-state index in [0.717, 1.165) is 25.3 Å². The summed E-state index contributed by atoms with van der Waals surface area (Å²) in [5.74, 6) is -0.148. The van der Waals surface area contributed by atoms with Crippen LogP contribution in [0.4, 0.5) is 10.1 Å². The maximum absolute atomic E-state index is 13.0. The molecule has 1 aromatic rings. The van der Waals surface area contributed by atoms with E-state index >= 15 is 0 Å². The van der Waals surface area contributed by atoms with E-state index in [-0.39, 0.29) is 5.82 Å². The van der Waals surface area contributed by atoms with Crippen molar-refractivity contribution in [1.82, 2.24) is 0 Å². The topological polar surface area (TPSA) is 21.3 Å². The highest BCUT2D eigenvalue weighted by molar-refractivity contribution is 5.45. The number of hydrogen-bond acceptors (Lipinski definition) is 2. The second-order valence-corrected chi connectivity index (χ2v) is 4.31. The predicted molar refractivity (Wildman–Crippen MR) is 63.2 cm³/mol. The van der Waals surface area contributed by atoms with Crippen molar-refractivity contribution in [3.8, 4) is 0 Å². The number of anilines is 1. The molecule has 0 radical (unpaired) electrons. The van der Waals surface area contributed by atoms with Gasteiger partial charge in [-0.3, -0.25) is 0 Å². The Bertz CT molecular complexity index is 348. The van der Waals surface area contributed by atoms with Crippen LogP contribution in [0, 0.1) is 12.7 Å². The molecule has 1 unspecified atom stereocenters. The molecule has 1 fully saturated rings. The molecule has 0 saturated carbocycles. The van der Waals surface area contributed by atoms with Gasteiger partial charge in [0.15, 0.2) is 0 Å². The van der Waals surface area contributed by atoms with Gasteiger partial charge in [0.05, 0.1) is 6.10 Å². The van der Waals surface area contributed by atoms with Gasteiger partial charge in [-0.05, 0) is 49.9 Å². The normalized spacial score (nSPS) is 20.0. The van der Waals surface area contributed by atoms with E-state index in [4.69, 9.17) is 4.74 Å². The average molecular weight is 223 g/mol. The quantitative estimate of drug-likeness (QED) is 0.846. The molecule has 2 nitrogen and oxygen atoms in total. The molecule has 88 valence electrons. The minimum absolute atomic E-state index is 0.148. The Balaban J connectivity index is 1.78. The van der Waals surface area contributed by atoms with Gasteiger partial charge in [0.2, 0.25) is 0 Å². The molecule has 1 heterocycles.